The number of hydrogen-bond donors (Lipinski definition) is 1. The van der Waals surface area contributed by atoms with Crippen LogP contribution in [-0.4, -0.2) is 42.2 Å². The third kappa shape index (κ3) is 5.98. The molecule has 0 bridgehead atoms. The van der Waals surface area contributed by atoms with E-state index < -0.39 is 45.4 Å². The molecule has 3 aromatic rings. The SMILES string of the molecule is Cc1nc(N[C@H](C)c2cccc(C(F)(F)CO[Si](C)(C)C(C)(C)C)c2F)c2cc(P3(=O)CC=CC3)ncc2n1. The highest BCUT2D eigenvalue weighted by molar-refractivity contribution is 7.72. The Morgan fingerprint density at radius 2 is 1.82 bits per heavy atom. The second-order valence-corrected chi connectivity index (χ2v) is 19.5. The Morgan fingerprint density at radius 1 is 1.15 bits per heavy atom. The maximum absolute atomic E-state index is 15.6. The van der Waals surface area contributed by atoms with Gasteiger partial charge in [0.2, 0.25) is 0 Å². The Labute approximate surface area is 229 Å². The zero-order valence-corrected chi connectivity index (χ0v) is 25.4. The van der Waals surface area contributed by atoms with E-state index in [9.17, 15) is 4.57 Å². The zero-order valence-electron chi connectivity index (χ0n) is 23.5. The van der Waals surface area contributed by atoms with Crippen molar-refractivity contribution >= 4 is 37.6 Å². The third-order valence-corrected chi connectivity index (χ3v) is 14.9. The molecule has 4 rings (SSSR count). The van der Waals surface area contributed by atoms with Gasteiger partial charge in [-0.05, 0) is 44.1 Å². The van der Waals surface area contributed by atoms with E-state index >= 15 is 13.2 Å². The molecule has 0 spiro atoms. The van der Waals surface area contributed by atoms with Crippen LogP contribution in [0.2, 0.25) is 18.1 Å². The van der Waals surface area contributed by atoms with E-state index in [-0.39, 0.29) is 10.6 Å². The second-order valence-electron chi connectivity index (χ2n) is 11.7. The third-order valence-electron chi connectivity index (χ3n) is 7.73. The number of rotatable bonds is 8. The fraction of sp³-hybridized carbons (Fsp3) is 0.464. The van der Waals surface area contributed by atoms with E-state index in [1.54, 1.807) is 26.1 Å². The van der Waals surface area contributed by atoms with Crippen LogP contribution in [0.3, 0.4) is 0 Å². The van der Waals surface area contributed by atoms with Crippen molar-refractivity contribution in [1.29, 1.82) is 0 Å². The van der Waals surface area contributed by atoms with Gasteiger partial charge < -0.3 is 14.3 Å². The molecule has 1 aliphatic heterocycles. The Balaban J connectivity index is 1.64. The summed E-state index contributed by atoms with van der Waals surface area (Å²) in [6.45, 7) is 12.2. The molecular formula is C28H36F3N4O2PSi. The zero-order chi connectivity index (χ0) is 28.8. The van der Waals surface area contributed by atoms with Crippen LogP contribution in [0.25, 0.3) is 10.9 Å². The molecule has 0 fully saturated rings. The number of benzene rings is 1. The Bertz CT molecular complexity index is 1460. The Morgan fingerprint density at radius 3 is 2.46 bits per heavy atom. The van der Waals surface area contributed by atoms with Crippen molar-refractivity contribution in [3.05, 3.63) is 65.4 Å². The van der Waals surface area contributed by atoms with Gasteiger partial charge in [0.05, 0.1) is 23.3 Å². The van der Waals surface area contributed by atoms with Gasteiger partial charge in [-0.3, -0.25) is 4.98 Å². The maximum atomic E-state index is 15.6. The molecule has 1 atom stereocenters. The molecule has 0 radical (unpaired) electrons. The molecule has 1 N–H and O–H groups in total. The highest BCUT2D eigenvalue weighted by atomic mass is 31.2. The number of alkyl halides is 2. The molecule has 3 heterocycles. The van der Waals surface area contributed by atoms with Crippen LogP contribution in [0.15, 0.2) is 42.6 Å². The average molecular weight is 577 g/mol. The number of nitrogens with zero attached hydrogens (tertiary/aromatic N) is 3. The first-order valence-electron chi connectivity index (χ1n) is 13.0. The number of halogens is 3. The standard InChI is InChI=1S/C28H36F3N4O2PSi/c1-18(20-11-10-12-22(25(20)29)28(30,31)17-37-39(6,7)27(3,4)5)33-26-21-15-24(38(36)13-8-9-14-38)32-16-23(21)34-19(2)35-26/h8-12,15-16,18H,13-14,17H2,1-7H3,(H,33,34,35)/t18-/m1/s1. The van der Waals surface area contributed by atoms with E-state index in [2.05, 4.69) is 20.3 Å². The minimum absolute atomic E-state index is 0.0750. The Kier molecular flexibility index (Phi) is 7.88. The van der Waals surface area contributed by atoms with Crippen molar-refractivity contribution in [3.63, 3.8) is 0 Å². The molecule has 11 heteroatoms. The number of anilines is 1. The number of allylic oxidation sites excluding steroid dienone is 2. The minimum Gasteiger partial charge on any atom is -0.410 e. The lowest BCUT2D eigenvalue weighted by molar-refractivity contribution is -0.0536. The molecule has 39 heavy (non-hydrogen) atoms. The minimum atomic E-state index is -3.50. The van der Waals surface area contributed by atoms with Gasteiger partial charge >= 0.3 is 0 Å². The number of fused-ring (bicyclic) bond motifs is 1. The monoisotopic (exact) mass is 576 g/mol. The van der Waals surface area contributed by atoms with E-state index in [0.717, 1.165) is 6.07 Å². The molecule has 0 unspecified atom stereocenters. The fourth-order valence-electron chi connectivity index (χ4n) is 4.24. The largest absolute Gasteiger partial charge is 0.410 e. The van der Waals surface area contributed by atoms with Crippen molar-refractivity contribution in [2.45, 2.75) is 64.7 Å². The lowest BCUT2D eigenvalue weighted by atomic mass is 10.00. The quantitative estimate of drug-likeness (QED) is 0.172. The molecule has 1 aromatic carbocycles. The molecule has 0 amide bonds. The van der Waals surface area contributed by atoms with Gasteiger partial charge in [-0.1, -0.05) is 45.1 Å². The lowest BCUT2D eigenvalue weighted by Crippen LogP contribution is -2.43. The van der Waals surface area contributed by atoms with Gasteiger partial charge in [-0.2, -0.15) is 8.78 Å². The summed E-state index contributed by atoms with van der Waals surface area (Å²) in [5.41, 5.74) is 0.404. The molecule has 2 aromatic heterocycles. The van der Waals surface area contributed by atoms with Crippen LogP contribution in [0, 0.1) is 12.7 Å². The number of hydrogen-bond acceptors (Lipinski definition) is 6. The summed E-state index contributed by atoms with van der Waals surface area (Å²) in [5, 5.41) is 3.51. The molecule has 0 saturated carbocycles. The van der Waals surface area contributed by atoms with Crippen LogP contribution >= 0.6 is 7.14 Å². The van der Waals surface area contributed by atoms with E-state index in [4.69, 9.17) is 4.43 Å². The molecule has 0 aliphatic carbocycles. The smallest absolute Gasteiger partial charge is 0.297 e. The van der Waals surface area contributed by atoms with Crippen LogP contribution in [-0.2, 0) is 14.9 Å². The number of aryl methyl sites for hydroxylation is 1. The molecule has 0 saturated heterocycles. The predicted molar refractivity (Wildman–Crippen MR) is 154 cm³/mol. The molecule has 210 valence electrons. The van der Waals surface area contributed by atoms with Gasteiger partial charge in [0.25, 0.3) is 5.92 Å². The van der Waals surface area contributed by atoms with E-state index in [1.165, 1.54) is 12.1 Å². The van der Waals surface area contributed by atoms with E-state index in [1.807, 2.05) is 46.0 Å². The van der Waals surface area contributed by atoms with Crippen molar-refractivity contribution in [2.75, 3.05) is 24.2 Å². The normalized spacial score (nSPS) is 16.6. The van der Waals surface area contributed by atoms with E-state index in [0.29, 0.717) is 40.3 Å². The van der Waals surface area contributed by atoms with Crippen LogP contribution in [0.5, 0.6) is 0 Å². The average Bonchev–Trinajstić information content (AvgIpc) is 3.29. The van der Waals surface area contributed by atoms with Crippen LogP contribution in [0.4, 0.5) is 19.0 Å². The number of pyridine rings is 1. The van der Waals surface area contributed by atoms with Crippen LogP contribution in [0.1, 0.15) is 50.7 Å². The summed E-state index contributed by atoms with van der Waals surface area (Å²) in [5.74, 6) is -3.63. The second kappa shape index (κ2) is 10.4. The van der Waals surface area contributed by atoms with Gasteiger partial charge in [0.15, 0.2) is 8.32 Å². The summed E-state index contributed by atoms with van der Waals surface area (Å²) in [6, 6.07) is 5.02. The highest BCUT2D eigenvalue weighted by Gasteiger charge is 2.43. The number of nitrogens with one attached hydrogen (secondary N) is 1. The van der Waals surface area contributed by atoms with Crippen molar-refractivity contribution in [3.8, 4) is 0 Å². The summed E-state index contributed by atoms with van der Waals surface area (Å²) in [7, 11) is -5.13. The lowest BCUT2D eigenvalue weighted by Gasteiger charge is -2.37. The first kappa shape index (κ1) is 29.4. The topological polar surface area (TPSA) is 77.0 Å². The summed E-state index contributed by atoms with van der Waals surface area (Å²) < 4.78 is 65.2. The van der Waals surface area contributed by atoms with Crippen molar-refractivity contribution in [2.24, 2.45) is 0 Å². The summed E-state index contributed by atoms with van der Waals surface area (Å²) in [6.07, 6.45) is 6.24. The highest BCUT2D eigenvalue weighted by Crippen LogP contribution is 2.47. The van der Waals surface area contributed by atoms with Crippen LogP contribution < -0.4 is 10.8 Å². The maximum Gasteiger partial charge on any atom is 0.297 e. The Hall–Kier alpha value is -2.55. The van der Waals surface area contributed by atoms with Gasteiger partial charge in [-0.15, -0.1) is 0 Å². The van der Waals surface area contributed by atoms with Crippen molar-refractivity contribution < 1.29 is 22.2 Å². The predicted octanol–water partition coefficient (Wildman–Crippen LogP) is 7.32. The van der Waals surface area contributed by atoms with Gasteiger partial charge in [0, 0.05) is 23.3 Å². The number of aromatic nitrogens is 3. The first-order valence-corrected chi connectivity index (χ1v) is 18.0. The molecule has 1 aliphatic rings. The van der Waals surface area contributed by atoms with Gasteiger partial charge in [0.1, 0.15) is 36.6 Å². The molecule has 6 nitrogen and oxygen atoms in total. The van der Waals surface area contributed by atoms with Gasteiger partial charge in [-0.25, -0.2) is 14.4 Å². The summed E-state index contributed by atoms with van der Waals surface area (Å²) in [4.78, 5) is 13.3. The summed E-state index contributed by atoms with van der Waals surface area (Å²) >= 11 is 0. The van der Waals surface area contributed by atoms with Crippen molar-refractivity contribution in [1.82, 2.24) is 15.0 Å². The fourth-order valence-corrected chi connectivity index (χ4v) is 7.35. The first-order chi connectivity index (χ1) is 18.0. The molecular weight excluding hydrogens is 540 g/mol.